The highest BCUT2D eigenvalue weighted by atomic mass is 16.6. The van der Waals surface area contributed by atoms with E-state index in [2.05, 4.69) is 5.32 Å². The van der Waals surface area contributed by atoms with Crippen molar-refractivity contribution in [1.82, 2.24) is 9.88 Å². The largest absolute Gasteiger partial charge is 0.396 e. The highest BCUT2D eigenvalue weighted by Crippen LogP contribution is 2.44. The van der Waals surface area contributed by atoms with Gasteiger partial charge in [0.1, 0.15) is 5.69 Å². The molecule has 0 radical (unpaired) electrons. The number of aromatic nitrogens is 1. The van der Waals surface area contributed by atoms with E-state index in [0.29, 0.717) is 13.1 Å². The number of hydrogen-bond acceptors (Lipinski definition) is 4. The molecule has 7 heteroatoms. The molecular weight excluding hydrogens is 250 g/mol. The van der Waals surface area contributed by atoms with E-state index in [-0.39, 0.29) is 29.3 Å². The quantitative estimate of drug-likeness (QED) is 0.591. The number of nitro groups is 1. The number of amides is 1. The minimum atomic E-state index is -0.515. The molecule has 0 aromatic carbocycles. The Labute approximate surface area is 110 Å². The van der Waals surface area contributed by atoms with Crippen molar-refractivity contribution >= 4 is 11.6 Å². The average Bonchev–Trinajstić information content (AvgIpc) is 3.05. The van der Waals surface area contributed by atoms with Gasteiger partial charge in [0.2, 0.25) is 0 Å². The predicted octanol–water partition coefficient (Wildman–Crippen LogP) is 0.918. The molecule has 2 N–H and O–H groups in total. The summed E-state index contributed by atoms with van der Waals surface area (Å²) < 4.78 is 1.55. The number of nitrogens with zero attached hydrogens (tertiary/aromatic N) is 2. The summed E-state index contributed by atoms with van der Waals surface area (Å²) in [6.45, 7) is 2.77. The lowest BCUT2D eigenvalue weighted by Crippen LogP contribution is -2.33. The number of aliphatic hydroxyl groups excluding tert-OH is 1. The van der Waals surface area contributed by atoms with E-state index < -0.39 is 4.92 Å². The van der Waals surface area contributed by atoms with Crippen molar-refractivity contribution in [2.45, 2.75) is 26.3 Å². The van der Waals surface area contributed by atoms with E-state index in [4.69, 9.17) is 0 Å². The summed E-state index contributed by atoms with van der Waals surface area (Å²) in [5, 5.41) is 22.6. The van der Waals surface area contributed by atoms with Crippen LogP contribution in [0.4, 0.5) is 5.69 Å². The smallest absolute Gasteiger partial charge is 0.287 e. The second-order valence-corrected chi connectivity index (χ2v) is 4.97. The Morgan fingerprint density at radius 2 is 2.32 bits per heavy atom. The first-order valence-corrected chi connectivity index (χ1v) is 6.25. The van der Waals surface area contributed by atoms with Crippen LogP contribution < -0.4 is 5.32 Å². The van der Waals surface area contributed by atoms with Crippen molar-refractivity contribution in [3.05, 3.63) is 28.1 Å². The van der Waals surface area contributed by atoms with Gasteiger partial charge in [0.15, 0.2) is 0 Å². The molecule has 19 heavy (non-hydrogen) atoms. The predicted molar refractivity (Wildman–Crippen MR) is 67.8 cm³/mol. The third kappa shape index (κ3) is 2.76. The molecule has 0 spiro atoms. The normalized spacial score (nSPS) is 16.1. The molecule has 1 aromatic rings. The SMILES string of the molecule is CCn1cc([N+](=O)[O-])cc1C(=O)NCC1(CO)CC1. The van der Waals surface area contributed by atoms with E-state index in [1.165, 1.54) is 12.3 Å². The minimum absolute atomic E-state index is 0.0578. The zero-order valence-electron chi connectivity index (χ0n) is 10.8. The Bertz CT molecular complexity index is 505. The highest BCUT2D eigenvalue weighted by Gasteiger charge is 2.42. The van der Waals surface area contributed by atoms with Gasteiger partial charge in [-0.2, -0.15) is 0 Å². The molecule has 1 aromatic heterocycles. The van der Waals surface area contributed by atoms with Crippen LogP contribution in [-0.4, -0.2) is 33.7 Å². The summed E-state index contributed by atoms with van der Waals surface area (Å²) in [7, 11) is 0. The van der Waals surface area contributed by atoms with Crippen LogP contribution >= 0.6 is 0 Å². The van der Waals surface area contributed by atoms with E-state index in [1.807, 2.05) is 6.92 Å². The van der Waals surface area contributed by atoms with Crippen LogP contribution in [0.25, 0.3) is 0 Å². The molecule has 1 aliphatic carbocycles. The van der Waals surface area contributed by atoms with Crippen LogP contribution in [-0.2, 0) is 6.54 Å². The number of carbonyl (C=O) groups is 1. The third-order valence-electron chi connectivity index (χ3n) is 3.58. The number of nitrogens with one attached hydrogen (secondary N) is 1. The molecule has 0 unspecified atom stereocenters. The second kappa shape index (κ2) is 5.00. The Morgan fingerprint density at radius 3 is 2.79 bits per heavy atom. The Kier molecular flexibility index (Phi) is 3.57. The summed E-state index contributed by atoms with van der Waals surface area (Å²) >= 11 is 0. The minimum Gasteiger partial charge on any atom is -0.396 e. The summed E-state index contributed by atoms with van der Waals surface area (Å²) in [4.78, 5) is 22.2. The molecule has 0 saturated heterocycles. The number of carbonyl (C=O) groups excluding carboxylic acids is 1. The summed E-state index contributed by atoms with van der Waals surface area (Å²) in [5.41, 5.74) is 0.0174. The van der Waals surface area contributed by atoms with Crippen molar-refractivity contribution in [2.24, 2.45) is 5.41 Å². The molecule has 0 atom stereocenters. The summed E-state index contributed by atoms with van der Waals surface area (Å²) in [6.07, 6.45) is 3.16. The van der Waals surface area contributed by atoms with Gasteiger partial charge in [-0.3, -0.25) is 14.9 Å². The molecule has 104 valence electrons. The Morgan fingerprint density at radius 1 is 1.63 bits per heavy atom. The lowest BCUT2D eigenvalue weighted by atomic mass is 10.1. The van der Waals surface area contributed by atoms with Gasteiger partial charge in [-0.25, -0.2) is 0 Å². The first-order valence-electron chi connectivity index (χ1n) is 6.25. The van der Waals surface area contributed by atoms with Crippen molar-refractivity contribution in [3.63, 3.8) is 0 Å². The molecular formula is C12H17N3O4. The average molecular weight is 267 g/mol. The fourth-order valence-corrected chi connectivity index (χ4v) is 1.97. The molecule has 1 heterocycles. The maximum atomic E-state index is 12.0. The molecule has 2 rings (SSSR count). The second-order valence-electron chi connectivity index (χ2n) is 4.97. The number of aliphatic hydroxyl groups is 1. The fraction of sp³-hybridized carbons (Fsp3) is 0.583. The van der Waals surface area contributed by atoms with Crippen LogP contribution in [0, 0.1) is 15.5 Å². The maximum Gasteiger partial charge on any atom is 0.287 e. The van der Waals surface area contributed by atoms with Gasteiger partial charge in [-0.15, -0.1) is 0 Å². The van der Waals surface area contributed by atoms with Gasteiger partial charge in [0.25, 0.3) is 11.6 Å². The number of rotatable bonds is 6. The van der Waals surface area contributed by atoms with Gasteiger partial charge < -0.3 is 15.0 Å². The van der Waals surface area contributed by atoms with Gasteiger partial charge >= 0.3 is 0 Å². The van der Waals surface area contributed by atoms with E-state index >= 15 is 0 Å². The van der Waals surface area contributed by atoms with Gasteiger partial charge in [-0.05, 0) is 19.8 Å². The molecule has 1 fully saturated rings. The van der Waals surface area contributed by atoms with Crippen molar-refractivity contribution in [1.29, 1.82) is 0 Å². The van der Waals surface area contributed by atoms with E-state index in [9.17, 15) is 20.0 Å². The van der Waals surface area contributed by atoms with Crippen LogP contribution in [0.3, 0.4) is 0 Å². The monoisotopic (exact) mass is 267 g/mol. The van der Waals surface area contributed by atoms with Crippen molar-refractivity contribution in [2.75, 3.05) is 13.2 Å². The molecule has 0 aliphatic heterocycles. The summed E-state index contributed by atoms with van der Waals surface area (Å²) in [5.74, 6) is -0.338. The summed E-state index contributed by atoms with van der Waals surface area (Å²) in [6, 6.07) is 1.28. The Hall–Kier alpha value is -1.89. The molecule has 1 amide bonds. The molecule has 1 saturated carbocycles. The third-order valence-corrected chi connectivity index (χ3v) is 3.58. The zero-order valence-corrected chi connectivity index (χ0v) is 10.8. The standard InChI is InChI=1S/C12H17N3O4/c1-2-14-6-9(15(18)19)5-10(14)11(17)13-7-12(8-16)3-4-12/h5-6,16H,2-4,7-8H2,1H3,(H,13,17). The first-order chi connectivity index (χ1) is 9.01. The van der Waals surface area contributed by atoms with E-state index in [1.54, 1.807) is 4.57 Å². The van der Waals surface area contributed by atoms with E-state index in [0.717, 1.165) is 12.8 Å². The maximum absolute atomic E-state index is 12.0. The molecule has 7 nitrogen and oxygen atoms in total. The topological polar surface area (TPSA) is 97.4 Å². The van der Waals surface area contributed by atoms with Gasteiger partial charge in [0.05, 0.1) is 17.7 Å². The van der Waals surface area contributed by atoms with Crippen molar-refractivity contribution < 1.29 is 14.8 Å². The van der Waals surface area contributed by atoms with Crippen LogP contribution in [0.5, 0.6) is 0 Å². The van der Waals surface area contributed by atoms with Crippen LogP contribution in [0.15, 0.2) is 12.3 Å². The van der Waals surface area contributed by atoms with Crippen LogP contribution in [0.1, 0.15) is 30.3 Å². The first kappa shape index (κ1) is 13.5. The molecule has 0 bridgehead atoms. The lowest BCUT2D eigenvalue weighted by Gasteiger charge is -2.13. The van der Waals surface area contributed by atoms with Gasteiger partial charge in [0, 0.05) is 24.6 Å². The number of hydrogen-bond donors (Lipinski definition) is 2. The highest BCUT2D eigenvalue weighted by molar-refractivity contribution is 5.93. The molecule has 1 aliphatic rings. The number of aryl methyl sites for hydroxylation is 1. The Balaban J connectivity index is 2.07. The fourth-order valence-electron chi connectivity index (χ4n) is 1.97. The van der Waals surface area contributed by atoms with Gasteiger partial charge in [-0.1, -0.05) is 0 Å². The zero-order chi connectivity index (χ0) is 14.0. The van der Waals surface area contributed by atoms with Crippen molar-refractivity contribution in [3.8, 4) is 0 Å². The van der Waals surface area contributed by atoms with Crippen LogP contribution in [0.2, 0.25) is 0 Å². The lowest BCUT2D eigenvalue weighted by molar-refractivity contribution is -0.384.